The number of anilines is 1. The summed E-state index contributed by atoms with van der Waals surface area (Å²) in [6.07, 6.45) is 3.80. The van der Waals surface area contributed by atoms with E-state index in [1.807, 2.05) is 42.7 Å². The second-order valence-corrected chi connectivity index (χ2v) is 5.45. The molecule has 1 aromatic heterocycles. The van der Waals surface area contributed by atoms with Crippen LogP contribution < -0.4 is 10.6 Å². The van der Waals surface area contributed by atoms with Crippen molar-refractivity contribution < 1.29 is 0 Å². The fraction of sp³-hybridized carbons (Fsp3) is 0.250. The number of benzene rings is 1. The number of nitrogen functional groups attached to an aromatic ring is 1. The molecule has 0 aliphatic rings. The number of pyridine rings is 1. The predicted molar refractivity (Wildman–Crippen MR) is 90.2 cm³/mol. The van der Waals surface area contributed by atoms with Crippen LogP contribution in [0.1, 0.15) is 18.2 Å². The van der Waals surface area contributed by atoms with E-state index in [-0.39, 0.29) is 5.84 Å². The van der Waals surface area contributed by atoms with Crippen LogP contribution in [0, 0.1) is 5.41 Å². The van der Waals surface area contributed by atoms with E-state index in [0.29, 0.717) is 6.54 Å². The van der Waals surface area contributed by atoms with Gasteiger partial charge in [-0.25, -0.2) is 0 Å². The van der Waals surface area contributed by atoms with Crippen molar-refractivity contribution in [1.82, 2.24) is 4.98 Å². The van der Waals surface area contributed by atoms with Gasteiger partial charge in [-0.05, 0) is 37.4 Å². The molecule has 0 fully saturated rings. The molecule has 1 aromatic carbocycles. The van der Waals surface area contributed by atoms with Crippen molar-refractivity contribution in [1.29, 1.82) is 5.41 Å². The van der Waals surface area contributed by atoms with Crippen LogP contribution >= 0.6 is 11.8 Å². The van der Waals surface area contributed by atoms with Crippen LogP contribution in [0.25, 0.3) is 0 Å². The zero-order valence-electron chi connectivity index (χ0n) is 12.3. The molecule has 3 N–H and O–H groups in total. The first-order valence-electron chi connectivity index (χ1n) is 6.83. The van der Waals surface area contributed by atoms with Gasteiger partial charge in [-0.15, -0.1) is 11.8 Å². The van der Waals surface area contributed by atoms with E-state index >= 15 is 0 Å². The molecule has 0 aliphatic carbocycles. The molecule has 0 aliphatic heterocycles. The van der Waals surface area contributed by atoms with Gasteiger partial charge in [0.25, 0.3) is 0 Å². The van der Waals surface area contributed by atoms with E-state index in [1.54, 1.807) is 18.0 Å². The average Bonchev–Trinajstić information content (AvgIpc) is 2.52. The maximum atomic E-state index is 7.89. The first kappa shape index (κ1) is 15.4. The smallest absolute Gasteiger partial charge is 0.126 e. The van der Waals surface area contributed by atoms with Gasteiger partial charge in [0.1, 0.15) is 5.84 Å². The van der Waals surface area contributed by atoms with E-state index in [1.165, 1.54) is 0 Å². The SMILES string of the molecule is CCN(Cc1ccccn1)c1cccc(SC)c1C(=N)N. The van der Waals surface area contributed by atoms with E-state index in [9.17, 15) is 0 Å². The van der Waals surface area contributed by atoms with Crippen LogP contribution in [0.3, 0.4) is 0 Å². The van der Waals surface area contributed by atoms with Gasteiger partial charge < -0.3 is 10.6 Å². The van der Waals surface area contributed by atoms with Gasteiger partial charge in [0.2, 0.25) is 0 Å². The number of nitrogens with zero attached hydrogens (tertiary/aromatic N) is 2. The van der Waals surface area contributed by atoms with Crippen LogP contribution in [0.4, 0.5) is 5.69 Å². The van der Waals surface area contributed by atoms with Crippen molar-refractivity contribution in [2.24, 2.45) is 5.73 Å². The Morgan fingerprint density at radius 1 is 1.29 bits per heavy atom. The first-order chi connectivity index (χ1) is 10.2. The molecule has 21 heavy (non-hydrogen) atoms. The molecule has 1 heterocycles. The summed E-state index contributed by atoms with van der Waals surface area (Å²) in [6, 6.07) is 11.9. The quantitative estimate of drug-likeness (QED) is 0.489. The average molecular weight is 300 g/mol. The molecule has 2 rings (SSSR count). The molecule has 4 nitrogen and oxygen atoms in total. The fourth-order valence-corrected chi connectivity index (χ4v) is 2.91. The summed E-state index contributed by atoms with van der Waals surface area (Å²) in [4.78, 5) is 7.60. The molecule has 0 amide bonds. The van der Waals surface area contributed by atoms with E-state index in [0.717, 1.165) is 28.4 Å². The number of nitrogens with one attached hydrogen (secondary N) is 1. The monoisotopic (exact) mass is 300 g/mol. The number of hydrogen-bond acceptors (Lipinski definition) is 4. The molecule has 0 spiro atoms. The van der Waals surface area contributed by atoms with E-state index in [2.05, 4.69) is 16.8 Å². The van der Waals surface area contributed by atoms with E-state index < -0.39 is 0 Å². The van der Waals surface area contributed by atoms with Crippen molar-refractivity contribution in [3.8, 4) is 0 Å². The van der Waals surface area contributed by atoms with Crippen molar-refractivity contribution in [3.63, 3.8) is 0 Å². The van der Waals surface area contributed by atoms with Gasteiger partial charge in [0.15, 0.2) is 0 Å². The van der Waals surface area contributed by atoms with Crippen LogP contribution in [-0.2, 0) is 6.54 Å². The lowest BCUT2D eigenvalue weighted by molar-refractivity contribution is 0.807. The van der Waals surface area contributed by atoms with Gasteiger partial charge in [-0.2, -0.15) is 0 Å². The van der Waals surface area contributed by atoms with Gasteiger partial charge in [0.05, 0.1) is 17.8 Å². The Kier molecular flexibility index (Phi) is 5.22. The summed E-state index contributed by atoms with van der Waals surface area (Å²) in [5.74, 6) is 0.106. The molecule has 0 unspecified atom stereocenters. The zero-order chi connectivity index (χ0) is 15.2. The molecule has 0 radical (unpaired) electrons. The highest BCUT2D eigenvalue weighted by Gasteiger charge is 2.16. The summed E-state index contributed by atoms with van der Waals surface area (Å²) in [6.45, 7) is 3.63. The second-order valence-electron chi connectivity index (χ2n) is 4.60. The maximum Gasteiger partial charge on any atom is 0.126 e. The van der Waals surface area contributed by atoms with Crippen LogP contribution in [0.15, 0.2) is 47.5 Å². The standard InChI is InChI=1S/C16H20N4S/c1-3-20(11-12-7-4-5-10-19-12)13-8-6-9-14(21-2)15(13)16(17)18/h4-10H,3,11H2,1-2H3,(H3,17,18). The number of aromatic nitrogens is 1. The van der Waals surface area contributed by atoms with Crippen LogP contribution in [0.5, 0.6) is 0 Å². The fourth-order valence-electron chi connectivity index (χ4n) is 2.28. The molecule has 0 atom stereocenters. The molecule has 0 bridgehead atoms. The number of amidine groups is 1. The molecule has 110 valence electrons. The summed E-state index contributed by atoms with van der Waals surface area (Å²) in [7, 11) is 0. The van der Waals surface area contributed by atoms with Crippen molar-refractivity contribution in [2.75, 3.05) is 17.7 Å². The highest BCUT2D eigenvalue weighted by molar-refractivity contribution is 7.98. The van der Waals surface area contributed by atoms with Crippen LogP contribution in [0.2, 0.25) is 0 Å². The summed E-state index contributed by atoms with van der Waals surface area (Å²) in [5, 5.41) is 7.89. The molecule has 0 saturated heterocycles. The van der Waals surface area contributed by atoms with Crippen molar-refractivity contribution >= 4 is 23.3 Å². The largest absolute Gasteiger partial charge is 0.384 e. The summed E-state index contributed by atoms with van der Waals surface area (Å²) < 4.78 is 0. The van der Waals surface area contributed by atoms with Gasteiger partial charge in [-0.3, -0.25) is 10.4 Å². The topological polar surface area (TPSA) is 66.0 Å². The number of nitrogens with two attached hydrogens (primary N) is 1. The first-order valence-corrected chi connectivity index (χ1v) is 8.06. The Balaban J connectivity index is 2.40. The summed E-state index contributed by atoms with van der Waals surface area (Å²) in [5.41, 5.74) is 8.60. The normalized spacial score (nSPS) is 10.4. The third-order valence-corrected chi connectivity index (χ3v) is 4.07. The Hall–Kier alpha value is -2.01. The molecule has 0 saturated carbocycles. The van der Waals surface area contributed by atoms with Gasteiger partial charge in [-0.1, -0.05) is 12.1 Å². The van der Waals surface area contributed by atoms with Crippen LogP contribution in [-0.4, -0.2) is 23.6 Å². The lowest BCUT2D eigenvalue weighted by Crippen LogP contribution is -2.26. The van der Waals surface area contributed by atoms with Gasteiger partial charge >= 0.3 is 0 Å². The maximum absolute atomic E-state index is 7.89. The third kappa shape index (κ3) is 3.55. The minimum atomic E-state index is 0.106. The summed E-state index contributed by atoms with van der Waals surface area (Å²) >= 11 is 1.61. The molecular weight excluding hydrogens is 280 g/mol. The number of rotatable bonds is 6. The van der Waals surface area contributed by atoms with Gasteiger partial charge in [0, 0.05) is 23.3 Å². The molecule has 5 heteroatoms. The Morgan fingerprint density at radius 2 is 2.10 bits per heavy atom. The lowest BCUT2D eigenvalue weighted by atomic mass is 10.1. The van der Waals surface area contributed by atoms with Crippen molar-refractivity contribution in [3.05, 3.63) is 53.9 Å². The predicted octanol–water partition coefficient (Wildman–Crippen LogP) is 3.11. The minimum Gasteiger partial charge on any atom is -0.384 e. The Bertz CT molecular complexity index is 613. The number of hydrogen-bond donors (Lipinski definition) is 2. The highest BCUT2D eigenvalue weighted by atomic mass is 32.2. The molecule has 2 aromatic rings. The van der Waals surface area contributed by atoms with E-state index in [4.69, 9.17) is 11.1 Å². The Labute approximate surface area is 129 Å². The van der Waals surface area contributed by atoms with Crippen molar-refractivity contribution in [2.45, 2.75) is 18.4 Å². The third-order valence-electron chi connectivity index (χ3n) is 3.29. The molecular formula is C16H20N4S. The highest BCUT2D eigenvalue weighted by Crippen LogP contribution is 2.30. The zero-order valence-corrected chi connectivity index (χ0v) is 13.2. The Morgan fingerprint density at radius 3 is 2.67 bits per heavy atom. The minimum absolute atomic E-state index is 0.106. The lowest BCUT2D eigenvalue weighted by Gasteiger charge is -2.26. The number of thioether (sulfide) groups is 1. The second kappa shape index (κ2) is 7.13.